The zero-order valence-corrected chi connectivity index (χ0v) is 27.3. The highest BCUT2D eigenvalue weighted by atomic mass is 16.3. The highest BCUT2D eigenvalue weighted by Gasteiger charge is 2.38. The van der Waals surface area contributed by atoms with Crippen LogP contribution in [0.1, 0.15) is 43.0 Å². The van der Waals surface area contributed by atoms with Crippen LogP contribution in [0.2, 0.25) is 0 Å². The summed E-state index contributed by atoms with van der Waals surface area (Å²) < 4.78 is 1.78. The maximum absolute atomic E-state index is 14.7. The smallest absolute Gasteiger partial charge is 0.196 e. The van der Waals surface area contributed by atoms with Crippen LogP contribution in [-0.2, 0) is 13.0 Å². The van der Waals surface area contributed by atoms with Crippen LogP contribution in [-0.4, -0.2) is 57.0 Å². The molecule has 0 radical (unpaired) electrons. The van der Waals surface area contributed by atoms with Gasteiger partial charge in [0.1, 0.15) is 11.5 Å². The molecule has 11 nitrogen and oxygen atoms in total. The van der Waals surface area contributed by atoms with E-state index < -0.39 is 46.1 Å². The molecule has 0 atom stereocenters. The Kier molecular flexibility index (Phi) is 7.07. The van der Waals surface area contributed by atoms with Crippen molar-refractivity contribution in [1.82, 2.24) is 4.57 Å². The number of nitrogens with zero attached hydrogens (tertiary/aromatic N) is 1. The Morgan fingerprint density at radius 3 is 1.40 bits per heavy atom. The molecule has 1 aromatic heterocycles. The molecule has 0 bridgehead atoms. The third kappa shape index (κ3) is 4.74. The van der Waals surface area contributed by atoms with Crippen LogP contribution in [0, 0.1) is 6.92 Å². The average Bonchev–Trinajstić information content (AvgIpc) is 3.43. The summed E-state index contributed by atoms with van der Waals surface area (Å²) in [5.41, 5.74) is 3.23. The number of phenols is 8. The van der Waals surface area contributed by atoms with E-state index in [4.69, 9.17) is 0 Å². The van der Waals surface area contributed by atoms with Gasteiger partial charge in [-0.15, -0.1) is 0 Å². The molecule has 0 amide bonds. The lowest BCUT2D eigenvalue weighted by molar-refractivity contribution is 0.104. The first kappa shape index (κ1) is 32.1. The monoisotopic (exact) mass is 695 g/mol. The molecule has 0 spiro atoms. The minimum Gasteiger partial charge on any atom is -0.508 e. The summed E-state index contributed by atoms with van der Waals surface area (Å²) in [5.74, 6) is -4.11. The van der Waals surface area contributed by atoms with E-state index in [1.807, 2.05) is 0 Å². The Morgan fingerprint density at radius 2 is 0.923 bits per heavy atom. The number of fused-ring (bicyclic) bond motifs is 7. The van der Waals surface area contributed by atoms with E-state index in [0.717, 1.165) is 17.7 Å². The maximum atomic E-state index is 14.7. The summed E-state index contributed by atoms with van der Waals surface area (Å²) in [5, 5.41) is 84.7. The fraction of sp³-hybridized carbons (Fsp3) is 0.0732. The summed E-state index contributed by atoms with van der Waals surface area (Å²) in [6.45, 7) is 1.81. The topological polar surface area (TPSA) is 201 Å². The van der Waals surface area contributed by atoms with Gasteiger partial charge in [0, 0.05) is 28.8 Å². The van der Waals surface area contributed by atoms with Gasteiger partial charge in [-0.2, -0.15) is 0 Å². The first-order chi connectivity index (χ1) is 24.8. The van der Waals surface area contributed by atoms with Gasteiger partial charge in [0.2, 0.25) is 0 Å². The van der Waals surface area contributed by atoms with Crippen LogP contribution >= 0.6 is 0 Å². The lowest BCUT2D eigenvalue weighted by Crippen LogP contribution is -2.36. The molecule has 8 N–H and O–H groups in total. The molecule has 258 valence electrons. The van der Waals surface area contributed by atoms with Crippen molar-refractivity contribution < 1.29 is 50.4 Å². The molecule has 0 fully saturated rings. The molecular weight excluding hydrogens is 666 g/mol. The van der Waals surface area contributed by atoms with Crippen molar-refractivity contribution in [3.63, 3.8) is 0 Å². The second-order valence-corrected chi connectivity index (χ2v) is 12.9. The highest BCUT2D eigenvalue weighted by molar-refractivity contribution is 6.36. The number of aromatic nitrogens is 1. The SMILES string of the molecule is Cc1cc(C2=c3c(c4c(n3CCc3ccc(O)cc3)=C(c3ccc(O)c(O)c3)C(=O)c3cc(O)c(O)cc3-4)-c3cc(O)c(O)cc3C2=O)ccc1O. The first-order valence-electron chi connectivity index (χ1n) is 16.2. The summed E-state index contributed by atoms with van der Waals surface area (Å²) in [7, 11) is 0. The zero-order valence-electron chi connectivity index (χ0n) is 27.3. The van der Waals surface area contributed by atoms with Crippen molar-refractivity contribution in [2.24, 2.45) is 0 Å². The van der Waals surface area contributed by atoms with Crippen molar-refractivity contribution >= 4 is 22.7 Å². The fourth-order valence-corrected chi connectivity index (χ4v) is 7.24. The van der Waals surface area contributed by atoms with Crippen molar-refractivity contribution in [1.29, 1.82) is 0 Å². The molecule has 6 aromatic rings. The van der Waals surface area contributed by atoms with Crippen molar-refractivity contribution in [3.8, 4) is 68.2 Å². The number of phenolic OH excluding ortho intramolecular Hbond substituents is 8. The standard InChI is InChI=1S/C41H29NO10/c1-18-12-20(4-8-27(18)44)34-38-36(23-14-30(47)32(49)16-25(23)40(34)51)37-24-15-31(48)33(50)17-26(24)41(52)35(21-5-9-28(45)29(46)13-21)39(37)42(38)11-10-19-2-6-22(43)7-3-19/h2-9,12-17,43-50H,10-11H2,1H3. The zero-order chi connectivity index (χ0) is 36.7. The molecule has 11 heteroatoms. The molecule has 52 heavy (non-hydrogen) atoms. The van der Waals surface area contributed by atoms with Gasteiger partial charge in [0.15, 0.2) is 46.1 Å². The van der Waals surface area contributed by atoms with E-state index in [-0.39, 0.29) is 62.4 Å². The number of Topliss-reactive ketones (excluding diaryl/α,β-unsaturated/α-hetero) is 2. The molecule has 2 aliphatic carbocycles. The van der Waals surface area contributed by atoms with Crippen LogP contribution in [0.4, 0.5) is 0 Å². The molecule has 0 saturated carbocycles. The van der Waals surface area contributed by atoms with Crippen LogP contribution in [0.15, 0.2) is 84.9 Å². The molecule has 0 unspecified atom stereocenters. The van der Waals surface area contributed by atoms with Crippen molar-refractivity contribution in [2.45, 2.75) is 19.9 Å². The minimum atomic E-state index is -0.592. The fourth-order valence-electron chi connectivity index (χ4n) is 7.24. The maximum Gasteiger partial charge on any atom is 0.196 e. The van der Waals surface area contributed by atoms with Gasteiger partial charge in [-0.1, -0.05) is 24.3 Å². The van der Waals surface area contributed by atoms with Gasteiger partial charge in [-0.05, 0) is 107 Å². The lowest BCUT2D eigenvalue weighted by Gasteiger charge is -2.21. The Labute approximate surface area is 294 Å². The third-order valence-electron chi connectivity index (χ3n) is 9.76. The number of aryl methyl sites for hydroxylation is 2. The van der Waals surface area contributed by atoms with E-state index in [0.29, 0.717) is 34.0 Å². The molecule has 1 heterocycles. The Balaban J connectivity index is 1.64. The van der Waals surface area contributed by atoms with Gasteiger partial charge in [-0.3, -0.25) is 9.59 Å². The molecule has 0 saturated heterocycles. The lowest BCUT2D eigenvalue weighted by atomic mass is 9.79. The summed E-state index contributed by atoms with van der Waals surface area (Å²) in [4.78, 5) is 29.4. The number of carbonyl (C=O) groups excluding carboxylic acids is 2. The number of aromatic hydroxyl groups is 8. The number of carbonyl (C=O) groups is 2. The number of rotatable bonds is 5. The molecular formula is C41H29NO10. The van der Waals surface area contributed by atoms with Crippen LogP contribution < -0.4 is 10.7 Å². The normalized spacial score (nSPS) is 13.1. The highest BCUT2D eigenvalue weighted by Crippen LogP contribution is 2.46. The van der Waals surface area contributed by atoms with E-state index in [9.17, 15) is 50.4 Å². The quantitative estimate of drug-likeness (QED) is 0.116. The summed E-state index contributed by atoms with van der Waals surface area (Å²) in [6.07, 6.45) is 0.327. The molecule has 2 aliphatic rings. The van der Waals surface area contributed by atoms with E-state index in [2.05, 4.69) is 0 Å². The third-order valence-corrected chi connectivity index (χ3v) is 9.76. The summed E-state index contributed by atoms with van der Waals surface area (Å²) in [6, 6.07) is 19.9. The average molecular weight is 696 g/mol. The van der Waals surface area contributed by atoms with E-state index >= 15 is 0 Å². The van der Waals surface area contributed by atoms with Gasteiger partial charge in [0.05, 0.1) is 21.8 Å². The number of benzene rings is 5. The molecule has 5 aromatic carbocycles. The number of hydrogen-bond acceptors (Lipinski definition) is 10. The van der Waals surface area contributed by atoms with Crippen molar-refractivity contribution in [2.75, 3.05) is 0 Å². The van der Waals surface area contributed by atoms with Crippen molar-refractivity contribution in [3.05, 3.63) is 129 Å². The second-order valence-electron chi connectivity index (χ2n) is 12.9. The van der Waals surface area contributed by atoms with Gasteiger partial charge < -0.3 is 45.4 Å². The Hall–Kier alpha value is -7.14. The Morgan fingerprint density at radius 1 is 0.481 bits per heavy atom. The van der Waals surface area contributed by atoms with Gasteiger partial charge in [-0.25, -0.2) is 0 Å². The minimum absolute atomic E-state index is 0.00429. The van der Waals surface area contributed by atoms with Gasteiger partial charge >= 0.3 is 0 Å². The van der Waals surface area contributed by atoms with E-state index in [1.54, 1.807) is 35.8 Å². The van der Waals surface area contributed by atoms with Crippen LogP contribution in [0.3, 0.4) is 0 Å². The Bertz CT molecular complexity index is 2540. The molecule has 8 rings (SSSR count). The number of hydrogen-bond donors (Lipinski definition) is 8. The predicted octanol–water partition coefficient (Wildman–Crippen LogP) is 4.81. The van der Waals surface area contributed by atoms with E-state index in [1.165, 1.54) is 48.5 Å². The van der Waals surface area contributed by atoms with Crippen LogP contribution in [0.5, 0.6) is 46.0 Å². The predicted molar refractivity (Wildman–Crippen MR) is 189 cm³/mol. The van der Waals surface area contributed by atoms with Crippen LogP contribution in [0.25, 0.3) is 33.4 Å². The van der Waals surface area contributed by atoms with Gasteiger partial charge in [0.25, 0.3) is 0 Å². The largest absolute Gasteiger partial charge is 0.508 e. The second kappa shape index (κ2) is 11.5. The molecule has 0 aliphatic heterocycles. The first-order valence-corrected chi connectivity index (χ1v) is 16.2. The number of ketones is 2. The summed E-state index contributed by atoms with van der Waals surface area (Å²) >= 11 is 0.